The van der Waals surface area contributed by atoms with E-state index in [9.17, 15) is 8.42 Å². The van der Waals surface area contributed by atoms with Gasteiger partial charge in [-0.1, -0.05) is 20.8 Å². The van der Waals surface area contributed by atoms with Gasteiger partial charge in [0, 0.05) is 26.5 Å². The summed E-state index contributed by atoms with van der Waals surface area (Å²) in [5.41, 5.74) is 0.883. The Hall–Kier alpha value is -0.940. The molecule has 1 rings (SSSR count). The summed E-state index contributed by atoms with van der Waals surface area (Å²) in [5, 5.41) is 0. The summed E-state index contributed by atoms with van der Waals surface area (Å²) in [6, 6.07) is 1.71. The van der Waals surface area contributed by atoms with Crippen molar-refractivity contribution in [1.29, 1.82) is 0 Å². The van der Waals surface area contributed by atoms with Crippen LogP contribution in [0.25, 0.3) is 0 Å². The van der Waals surface area contributed by atoms with Crippen LogP contribution in [-0.4, -0.2) is 31.8 Å². The van der Waals surface area contributed by atoms with Crippen molar-refractivity contribution < 1.29 is 8.42 Å². The van der Waals surface area contributed by atoms with Gasteiger partial charge >= 0.3 is 0 Å². The van der Waals surface area contributed by atoms with E-state index in [1.807, 2.05) is 0 Å². The molecule has 1 aromatic rings. The van der Waals surface area contributed by atoms with Crippen LogP contribution in [0.2, 0.25) is 0 Å². The molecule has 0 unspecified atom stereocenters. The van der Waals surface area contributed by atoms with Crippen molar-refractivity contribution in [3.63, 3.8) is 0 Å². The Balaban J connectivity index is 3.29. The highest BCUT2D eigenvalue weighted by molar-refractivity contribution is 7.89. The molecule has 4 nitrogen and oxygen atoms in total. The molecule has 0 spiro atoms. The van der Waals surface area contributed by atoms with Gasteiger partial charge in [-0.05, 0) is 23.5 Å². The third-order valence-electron chi connectivity index (χ3n) is 3.16. The van der Waals surface area contributed by atoms with E-state index in [1.54, 1.807) is 12.3 Å². The van der Waals surface area contributed by atoms with Gasteiger partial charge < -0.3 is 0 Å². The molecule has 0 aliphatic heterocycles. The number of sulfonamides is 1. The molecule has 1 aromatic heterocycles. The number of hydrogen-bond donors (Lipinski definition) is 0. The van der Waals surface area contributed by atoms with Gasteiger partial charge in [0.05, 0.1) is 0 Å². The first kappa shape index (κ1) is 14.1. The summed E-state index contributed by atoms with van der Waals surface area (Å²) in [5.74, 6) is 0. The highest BCUT2D eigenvalue weighted by Gasteiger charge is 2.23. The molecule has 5 heteroatoms. The van der Waals surface area contributed by atoms with Crippen LogP contribution in [0.4, 0.5) is 0 Å². The highest BCUT2D eigenvalue weighted by atomic mass is 32.2. The van der Waals surface area contributed by atoms with Crippen molar-refractivity contribution in [2.45, 2.75) is 37.5 Å². The molecular formula is C12H20N2O2S. The topological polar surface area (TPSA) is 50.3 Å². The van der Waals surface area contributed by atoms with Gasteiger partial charge in [-0.2, -0.15) is 0 Å². The van der Waals surface area contributed by atoms with Gasteiger partial charge in [0.1, 0.15) is 4.90 Å². The van der Waals surface area contributed by atoms with Crippen molar-refractivity contribution in [3.05, 3.63) is 24.0 Å². The number of hydrogen-bond acceptors (Lipinski definition) is 3. The van der Waals surface area contributed by atoms with E-state index in [-0.39, 0.29) is 10.3 Å². The Kier molecular flexibility index (Phi) is 3.94. The number of nitrogens with zero attached hydrogens (tertiary/aromatic N) is 2. The molecule has 0 aliphatic rings. The lowest BCUT2D eigenvalue weighted by Gasteiger charge is -2.23. The molecule has 0 radical (unpaired) electrons. The molecule has 96 valence electrons. The van der Waals surface area contributed by atoms with E-state index in [4.69, 9.17) is 0 Å². The van der Waals surface area contributed by atoms with Crippen LogP contribution < -0.4 is 0 Å². The maximum Gasteiger partial charge on any atom is 0.244 e. The van der Waals surface area contributed by atoms with Gasteiger partial charge in [-0.3, -0.25) is 4.98 Å². The average Bonchev–Trinajstić information content (AvgIpc) is 2.29. The quantitative estimate of drug-likeness (QED) is 0.828. The van der Waals surface area contributed by atoms with Crippen LogP contribution >= 0.6 is 0 Å². The maximum absolute atomic E-state index is 12.0. The molecule has 0 fully saturated rings. The normalized spacial score (nSPS) is 13.1. The Morgan fingerprint density at radius 3 is 2.35 bits per heavy atom. The number of aromatic nitrogens is 1. The second kappa shape index (κ2) is 4.74. The fourth-order valence-electron chi connectivity index (χ4n) is 1.34. The molecule has 0 aromatic carbocycles. The smallest absolute Gasteiger partial charge is 0.244 e. The summed E-state index contributed by atoms with van der Waals surface area (Å²) < 4.78 is 25.2. The van der Waals surface area contributed by atoms with Gasteiger partial charge in [-0.15, -0.1) is 0 Å². The van der Waals surface area contributed by atoms with Crippen molar-refractivity contribution in [3.8, 4) is 0 Å². The first-order valence-corrected chi connectivity index (χ1v) is 7.04. The fourth-order valence-corrected chi connectivity index (χ4v) is 2.24. The van der Waals surface area contributed by atoms with Crippen LogP contribution in [-0.2, 0) is 15.4 Å². The molecule has 0 saturated heterocycles. The number of rotatable bonds is 4. The zero-order valence-electron chi connectivity index (χ0n) is 11.1. The summed E-state index contributed by atoms with van der Waals surface area (Å²) in [7, 11) is -0.355. The molecular weight excluding hydrogens is 236 g/mol. The molecule has 0 amide bonds. The molecule has 0 aliphatic carbocycles. The minimum atomic E-state index is -3.40. The van der Waals surface area contributed by atoms with E-state index < -0.39 is 10.0 Å². The van der Waals surface area contributed by atoms with E-state index >= 15 is 0 Å². The third-order valence-corrected chi connectivity index (χ3v) is 4.94. The van der Waals surface area contributed by atoms with Crippen molar-refractivity contribution in [2.75, 3.05) is 14.1 Å². The summed E-state index contributed by atoms with van der Waals surface area (Å²) >= 11 is 0. The zero-order valence-corrected chi connectivity index (χ0v) is 11.9. The SMILES string of the molecule is CCC(C)(C)c1cncc(S(=O)(=O)N(C)C)c1. The molecule has 1 heterocycles. The second-order valence-corrected chi connectivity index (χ2v) is 7.09. The maximum atomic E-state index is 12.0. The number of pyridine rings is 1. The van der Waals surface area contributed by atoms with Crippen LogP contribution in [0.5, 0.6) is 0 Å². The van der Waals surface area contributed by atoms with Gasteiger partial charge in [0.25, 0.3) is 0 Å². The summed E-state index contributed by atoms with van der Waals surface area (Å²) in [4.78, 5) is 4.29. The van der Waals surface area contributed by atoms with Crippen LogP contribution in [0, 0.1) is 0 Å². The molecule has 0 atom stereocenters. The Morgan fingerprint density at radius 1 is 1.29 bits per heavy atom. The molecule has 0 N–H and O–H groups in total. The van der Waals surface area contributed by atoms with Gasteiger partial charge in [-0.25, -0.2) is 12.7 Å². The molecule has 17 heavy (non-hydrogen) atoms. The minimum absolute atomic E-state index is 0.0646. The largest absolute Gasteiger partial charge is 0.263 e. The Morgan fingerprint density at radius 2 is 1.88 bits per heavy atom. The van der Waals surface area contributed by atoms with Gasteiger partial charge in [0.15, 0.2) is 0 Å². The third kappa shape index (κ3) is 2.84. The lowest BCUT2D eigenvalue weighted by atomic mass is 9.83. The zero-order chi connectivity index (χ0) is 13.3. The predicted octanol–water partition coefficient (Wildman–Crippen LogP) is 2.02. The van der Waals surface area contributed by atoms with Crippen LogP contribution in [0.15, 0.2) is 23.4 Å². The van der Waals surface area contributed by atoms with Crippen molar-refractivity contribution in [2.24, 2.45) is 0 Å². The van der Waals surface area contributed by atoms with E-state index in [1.165, 1.54) is 24.6 Å². The first-order valence-electron chi connectivity index (χ1n) is 5.60. The fraction of sp³-hybridized carbons (Fsp3) is 0.583. The van der Waals surface area contributed by atoms with E-state index in [0.29, 0.717) is 0 Å². The highest BCUT2D eigenvalue weighted by Crippen LogP contribution is 2.27. The summed E-state index contributed by atoms with van der Waals surface area (Å²) in [6.07, 6.45) is 4.06. The predicted molar refractivity (Wildman–Crippen MR) is 68.4 cm³/mol. The minimum Gasteiger partial charge on any atom is -0.263 e. The second-order valence-electron chi connectivity index (χ2n) is 4.93. The van der Waals surface area contributed by atoms with E-state index in [0.717, 1.165) is 12.0 Å². The lowest BCUT2D eigenvalue weighted by Crippen LogP contribution is -2.23. The average molecular weight is 256 g/mol. The lowest BCUT2D eigenvalue weighted by molar-refractivity contribution is 0.499. The van der Waals surface area contributed by atoms with Crippen LogP contribution in [0.1, 0.15) is 32.8 Å². The molecule has 0 bridgehead atoms. The molecule has 0 saturated carbocycles. The van der Waals surface area contributed by atoms with Crippen molar-refractivity contribution >= 4 is 10.0 Å². The van der Waals surface area contributed by atoms with Gasteiger partial charge in [0.2, 0.25) is 10.0 Å². The van der Waals surface area contributed by atoms with Crippen molar-refractivity contribution in [1.82, 2.24) is 9.29 Å². The Bertz CT molecular complexity index is 493. The monoisotopic (exact) mass is 256 g/mol. The standard InChI is InChI=1S/C12H20N2O2S/c1-6-12(2,3)10-7-11(9-13-8-10)17(15,16)14(4)5/h7-9H,6H2,1-5H3. The Labute approximate surface area is 104 Å². The van der Waals surface area contributed by atoms with E-state index in [2.05, 4.69) is 25.8 Å². The van der Waals surface area contributed by atoms with Crippen LogP contribution in [0.3, 0.4) is 0 Å². The first-order chi connectivity index (χ1) is 7.71. The summed E-state index contributed by atoms with van der Waals surface area (Å²) in [6.45, 7) is 6.24.